The van der Waals surface area contributed by atoms with Gasteiger partial charge in [-0.1, -0.05) is 18.3 Å². The summed E-state index contributed by atoms with van der Waals surface area (Å²) in [5, 5.41) is 1.96. The minimum Gasteiger partial charge on any atom is -1.00 e. The summed E-state index contributed by atoms with van der Waals surface area (Å²) in [7, 11) is 1.96. The van der Waals surface area contributed by atoms with Crippen molar-refractivity contribution in [2.45, 2.75) is 20.3 Å². The van der Waals surface area contributed by atoms with Gasteiger partial charge in [0, 0.05) is 12.3 Å². The lowest BCUT2D eigenvalue weighted by Gasteiger charge is -1.99. The van der Waals surface area contributed by atoms with Crippen LogP contribution in [0.3, 0.4) is 0 Å². The van der Waals surface area contributed by atoms with E-state index in [0.29, 0.717) is 12.3 Å². The molecule has 2 rings (SSSR count). The number of aryl methyl sites for hydroxylation is 1. The van der Waals surface area contributed by atoms with E-state index in [4.69, 9.17) is 4.74 Å². The minimum atomic E-state index is -0.242. The molecule has 0 atom stereocenters. The number of ether oxygens (including phenoxy) is 1. The molecule has 6 heteroatoms. The molecule has 0 aliphatic heterocycles. The molecule has 0 amide bonds. The van der Waals surface area contributed by atoms with E-state index >= 15 is 0 Å². The molecule has 0 saturated heterocycles. The van der Waals surface area contributed by atoms with E-state index in [1.165, 1.54) is 0 Å². The van der Waals surface area contributed by atoms with Crippen LogP contribution in [0.2, 0.25) is 0 Å². The Morgan fingerprint density at radius 3 is 2.94 bits per heavy atom. The molecule has 0 saturated carbocycles. The molecule has 0 aromatic carbocycles. The molecular weight excluding hydrogens is 351 g/mol. The topological polar surface area (TPSA) is 35.3 Å². The van der Waals surface area contributed by atoms with E-state index in [0.717, 1.165) is 17.1 Å². The average Bonchev–Trinajstić information content (AvgIpc) is 2.81. The van der Waals surface area contributed by atoms with Crippen molar-refractivity contribution < 1.29 is 37.9 Å². The Morgan fingerprint density at radius 2 is 2.29 bits per heavy atom. The van der Waals surface area contributed by atoms with Crippen molar-refractivity contribution in [1.82, 2.24) is 4.57 Å². The summed E-state index contributed by atoms with van der Waals surface area (Å²) in [4.78, 5) is 12.9. The van der Waals surface area contributed by atoms with Crippen LogP contribution in [0.4, 0.5) is 0 Å². The molecule has 2 aromatic heterocycles. The van der Waals surface area contributed by atoms with E-state index in [9.17, 15) is 4.79 Å². The fourth-order valence-electron chi connectivity index (χ4n) is 1.67. The smallest absolute Gasteiger partial charge is 0.383 e. The molecule has 17 heavy (non-hydrogen) atoms. The van der Waals surface area contributed by atoms with Gasteiger partial charge in [-0.25, -0.2) is 9.36 Å². The molecular formula is C11H15IN2O2S. The number of imidazole rings is 1. The van der Waals surface area contributed by atoms with E-state index in [-0.39, 0.29) is 29.9 Å². The van der Waals surface area contributed by atoms with Gasteiger partial charge in [-0.2, -0.15) is 4.40 Å². The normalized spacial score (nSPS) is 10.3. The maximum absolute atomic E-state index is 11.9. The van der Waals surface area contributed by atoms with Gasteiger partial charge in [-0.15, -0.1) is 0 Å². The molecule has 94 valence electrons. The molecule has 0 N–H and O–H groups in total. The van der Waals surface area contributed by atoms with Crippen molar-refractivity contribution in [3.8, 4) is 0 Å². The van der Waals surface area contributed by atoms with Crippen LogP contribution >= 0.6 is 11.3 Å². The Kier molecular flexibility index (Phi) is 4.93. The molecule has 4 nitrogen and oxygen atoms in total. The zero-order valence-electron chi connectivity index (χ0n) is 10.1. The molecule has 0 unspecified atom stereocenters. The highest BCUT2D eigenvalue weighted by Gasteiger charge is 2.28. The van der Waals surface area contributed by atoms with Crippen LogP contribution in [0.25, 0.3) is 4.96 Å². The lowest BCUT2D eigenvalue weighted by atomic mass is 10.3. The number of esters is 1. The van der Waals surface area contributed by atoms with E-state index < -0.39 is 0 Å². The van der Waals surface area contributed by atoms with Crippen molar-refractivity contribution in [3.05, 3.63) is 23.0 Å². The van der Waals surface area contributed by atoms with Crippen molar-refractivity contribution in [1.29, 1.82) is 0 Å². The van der Waals surface area contributed by atoms with E-state index in [2.05, 4.69) is 0 Å². The van der Waals surface area contributed by atoms with Crippen molar-refractivity contribution >= 4 is 22.3 Å². The van der Waals surface area contributed by atoms with Crippen LogP contribution in [-0.4, -0.2) is 17.1 Å². The summed E-state index contributed by atoms with van der Waals surface area (Å²) in [6, 6.07) is 0. The molecule has 0 spiro atoms. The first-order valence-electron chi connectivity index (χ1n) is 5.28. The summed E-state index contributed by atoms with van der Waals surface area (Å²) in [5.74, 6) is -0.242. The highest BCUT2D eigenvalue weighted by Crippen LogP contribution is 2.14. The number of fused-ring (bicyclic) bond motifs is 1. The van der Waals surface area contributed by atoms with Gasteiger partial charge in [0.25, 0.3) is 5.69 Å². The maximum Gasteiger partial charge on any atom is 0.383 e. The molecule has 0 fully saturated rings. The maximum atomic E-state index is 11.9. The molecule has 0 aliphatic carbocycles. The third-order valence-electron chi connectivity index (χ3n) is 2.59. The van der Waals surface area contributed by atoms with Crippen LogP contribution in [0.5, 0.6) is 0 Å². The first-order chi connectivity index (χ1) is 7.66. The van der Waals surface area contributed by atoms with E-state index in [1.807, 2.05) is 41.4 Å². The average molecular weight is 366 g/mol. The highest BCUT2D eigenvalue weighted by atomic mass is 127. The second-order valence-electron chi connectivity index (χ2n) is 3.68. The molecule has 2 aromatic rings. The number of halogens is 1. The number of carbonyl (C=O) groups is 1. The summed E-state index contributed by atoms with van der Waals surface area (Å²) in [6.45, 7) is 4.39. The van der Waals surface area contributed by atoms with Gasteiger partial charge >= 0.3 is 10.9 Å². The number of hydrogen-bond acceptors (Lipinski definition) is 3. The SMILES string of the molecule is CCCOC(=O)c1c(C)n(C)c2scc[n+]12.[I-]. The van der Waals surface area contributed by atoms with Crippen LogP contribution < -0.4 is 28.4 Å². The zero-order valence-corrected chi connectivity index (χ0v) is 13.0. The van der Waals surface area contributed by atoms with Crippen LogP contribution in [0.15, 0.2) is 11.6 Å². The third kappa shape index (κ3) is 2.47. The van der Waals surface area contributed by atoms with Gasteiger partial charge in [-0.05, 0) is 6.42 Å². The predicted molar refractivity (Wildman–Crippen MR) is 61.8 cm³/mol. The molecule has 2 heterocycles. The summed E-state index contributed by atoms with van der Waals surface area (Å²) in [5.41, 5.74) is 1.57. The zero-order chi connectivity index (χ0) is 11.7. The number of carbonyl (C=O) groups excluding carboxylic acids is 1. The first kappa shape index (κ1) is 14.4. The first-order valence-corrected chi connectivity index (χ1v) is 6.16. The summed E-state index contributed by atoms with van der Waals surface area (Å²) >= 11 is 1.61. The second kappa shape index (κ2) is 5.81. The number of aromatic nitrogens is 2. The van der Waals surface area contributed by atoms with Gasteiger partial charge in [0.2, 0.25) is 0 Å². The van der Waals surface area contributed by atoms with Gasteiger partial charge in [-0.3, -0.25) is 0 Å². The van der Waals surface area contributed by atoms with Crippen LogP contribution in [0, 0.1) is 6.92 Å². The number of hydrogen-bond donors (Lipinski definition) is 0. The van der Waals surface area contributed by atoms with Gasteiger partial charge in [0.1, 0.15) is 6.20 Å². The van der Waals surface area contributed by atoms with Gasteiger partial charge in [0.15, 0.2) is 5.69 Å². The lowest BCUT2D eigenvalue weighted by Crippen LogP contribution is -3.00. The van der Waals surface area contributed by atoms with Crippen molar-refractivity contribution in [2.24, 2.45) is 7.05 Å². The number of rotatable bonds is 3. The van der Waals surface area contributed by atoms with Crippen molar-refractivity contribution in [3.63, 3.8) is 0 Å². The van der Waals surface area contributed by atoms with Gasteiger partial charge in [0.05, 0.1) is 13.7 Å². The number of thiazole rings is 1. The quantitative estimate of drug-likeness (QED) is 0.385. The predicted octanol–water partition coefficient (Wildman–Crippen LogP) is -1.30. The summed E-state index contributed by atoms with van der Waals surface area (Å²) in [6.07, 6.45) is 2.74. The van der Waals surface area contributed by atoms with Gasteiger partial charge < -0.3 is 28.7 Å². The fraction of sp³-hybridized carbons (Fsp3) is 0.455. The molecule has 0 aliphatic rings. The second-order valence-corrected chi connectivity index (χ2v) is 4.56. The van der Waals surface area contributed by atoms with Crippen molar-refractivity contribution in [2.75, 3.05) is 6.61 Å². The lowest BCUT2D eigenvalue weighted by molar-refractivity contribution is -0.510. The monoisotopic (exact) mass is 366 g/mol. The fourth-order valence-corrected chi connectivity index (χ4v) is 2.53. The Bertz CT molecular complexity index is 533. The third-order valence-corrected chi connectivity index (χ3v) is 3.53. The standard InChI is InChI=1S/C11H15N2O2S.HI/c1-4-6-15-10(14)9-8(2)12(3)11-13(9)5-7-16-11;/h5,7H,4,6H2,1-3H3;1H/q+1;/p-1. The van der Waals surface area contributed by atoms with Crippen LogP contribution in [-0.2, 0) is 11.8 Å². The Morgan fingerprint density at radius 1 is 1.59 bits per heavy atom. The van der Waals surface area contributed by atoms with Crippen LogP contribution in [0.1, 0.15) is 29.5 Å². The molecule has 0 radical (unpaired) electrons. The highest BCUT2D eigenvalue weighted by molar-refractivity contribution is 7.14. The Balaban J connectivity index is 0.00000144. The molecule has 0 bridgehead atoms. The Hall–Kier alpha value is -0.630. The Labute approximate surface area is 121 Å². The van der Waals surface area contributed by atoms with E-state index in [1.54, 1.807) is 11.3 Å². The largest absolute Gasteiger partial charge is 1.00 e. The minimum absolute atomic E-state index is 0. The summed E-state index contributed by atoms with van der Waals surface area (Å²) < 4.78 is 9.07. The number of nitrogens with zero attached hydrogens (tertiary/aromatic N) is 2.